The number of carbonyl (C=O) groups excluding carboxylic acids is 2. The number of anilines is 2. The quantitative estimate of drug-likeness (QED) is 0.258. The number of hydrogen-bond donors (Lipinski definition) is 0. The van der Waals surface area contributed by atoms with Gasteiger partial charge in [-0.15, -0.1) is 0 Å². The lowest BCUT2D eigenvalue weighted by molar-refractivity contribution is -0.126. The highest BCUT2D eigenvalue weighted by atomic mass is 16.7. The van der Waals surface area contributed by atoms with Crippen LogP contribution in [-0.2, 0) is 21.0 Å². The minimum absolute atomic E-state index is 0.282. The lowest BCUT2D eigenvalue weighted by Gasteiger charge is -2.29. The minimum atomic E-state index is -0.943. The van der Waals surface area contributed by atoms with Crippen LogP contribution in [0.5, 0.6) is 11.5 Å². The molecule has 4 aromatic rings. The fourth-order valence-electron chi connectivity index (χ4n) is 5.44. The predicted molar refractivity (Wildman–Crippen MR) is 152 cm³/mol. The number of para-hydroxylation sites is 2. The Kier molecular flexibility index (Phi) is 6.97. The second kappa shape index (κ2) is 10.9. The van der Waals surface area contributed by atoms with Gasteiger partial charge in [-0.1, -0.05) is 72.8 Å². The van der Waals surface area contributed by atoms with E-state index in [1.807, 2.05) is 111 Å². The predicted octanol–water partition coefficient (Wildman–Crippen LogP) is 6.02. The molecule has 2 heterocycles. The van der Waals surface area contributed by atoms with E-state index < -0.39 is 18.1 Å². The van der Waals surface area contributed by atoms with Crippen molar-refractivity contribution >= 4 is 23.2 Å². The molecule has 3 atom stereocenters. The van der Waals surface area contributed by atoms with Crippen molar-refractivity contribution in [3.63, 3.8) is 0 Å². The van der Waals surface area contributed by atoms with Crippen LogP contribution in [0.2, 0.25) is 0 Å². The third kappa shape index (κ3) is 4.58. The largest absolute Gasteiger partial charge is 0.490 e. The summed E-state index contributed by atoms with van der Waals surface area (Å²) in [6.07, 6.45) is -0.943. The zero-order valence-corrected chi connectivity index (χ0v) is 22.4. The molecule has 2 amide bonds. The molecule has 2 saturated heterocycles. The van der Waals surface area contributed by atoms with Gasteiger partial charge in [0, 0.05) is 0 Å². The molecule has 4 aromatic carbocycles. The molecule has 7 heteroatoms. The van der Waals surface area contributed by atoms with Crippen LogP contribution in [0.4, 0.5) is 11.4 Å². The summed E-state index contributed by atoms with van der Waals surface area (Å²) in [7, 11) is 0. The highest BCUT2D eigenvalue weighted by Crippen LogP contribution is 2.49. The van der Waals surface area contributed by atoms with E-state index in [1.165, 1.54) is 4.90 Å². The molecule has 0 spiro atoms. The molecule has 0 bridgehead atoms. The Morgan fingerprint density at radius 2 is 1.48 bits per heavy atom. The van der Waals surface area contributed by atoms with Gasteiger partial charge in [-0.05, 0) is 60.9 Å². The molecule has 0 aliphatic carbocycles. The van der Waals surface area contributed by atoms with Crippen LogP contribution in [0.3, 0.4) is 0 Å². The van der Waals surface area contributed by atoms with Crippen LogP contribution in [0, 0.1) is 12.8 Å². The molecule has 0 unspecified atom stereocenters. The number of benzene rings is 4. The summed E-state index contributed by atoms with van der Waals surface area (Å²) in [5.74, 6) is -0.208. The molecular weight excluding hydrogens is 504 g/mol. The Labute approximate surface area is 233 Å². The molecule has 2 aliphatic rings. The zero-order chi connectivity index (χ0) is 27.6. The van der Waals surface area contributed by atoms with E-state index >= 15 is 0 Å². The first-order valence-electron chi connectivity index (χ1n) is 13.4. The summed E-state index contributed by atoms with van der Waals surface area (Å²) in [5, 5.41) is 1.69. The average molecular weight is 535 g/mol. The molecule has 2 aliphatic heterocycles. The minimum Gasteiger partial charge on any atom is -0.490 e. The topological polar surface area (TPSA) is 68.3 Å². The Bertz CT molecular complexity index is 1520. The van der Waals surface area contributed by atoms with Crippen molar-refractivity contribution in [2.24, 2.45) is 5.92 Å². The van der Waals surface area contributed by atoms with Crippen molar-refractivity contribution in [2.75, 3.05) is 16.6 Å². The zero-order valence-electron chi connectivity index (χ0n) is 22.4. The molecule has 6 rings (SSSR count). The van der Waals surface area contributed by atoms with Crippen molar-refractivity contribution < 1.29 is 23.9 Å². The summed E-state index contributed by atoms with van der Waals surface area (Å²) in [6.45, 7) is 4.64. The Morgan fingerprint density at radius 3 is 2.20 bits per heavy atom. The van der Waals surface area contributed by atoms with Crippen LogP contribution < -0.4 is 19.4 Å². The Morgan fingerprint density at radius 1 is 0.775 bits per heavy atom. The smallest absolute Gasteiger partial charge is 0.266 e. The van der Waals surface area contributed by atoms with Gasteiger partial charge in [0.25, 0.3) is 5.91 Å². The summed E-state index contributed by atoms with van der Waals surface area (Å²) in [5.41, 5.74) is 4.02. The average Bonchev–Trinajstić information content (AvgIpc) is 3.49. The fourth-order valence-corrected chi connectivity index (χ4v) is 5.44. The molecule has 0 radical (unpaired) electrons. The van der Waals surface area contributed by atoms with Gasteiger partial charge in [0.2, 0.25) is 5.91 Å². The third-order valence-electron chi connectivity index (χ3n) is 7.33. The molecule has 0 saturated carbocycles. The number of amides is 2. The van der Waals surface area contributed by atoms with E-state index in [4.69, 9.17) is 14.3 Å². The van der Waals surface area contributed by atoms with Gasteiger partial charge in [0.15, 0.2) is 17.6 Å². The number of aryl methyl sites for hydroxylation is 1. The van der Waals surface area contributed by atoms with Crippen LogP contribution in [-0.4, -0.2) is 24.5 Å². The number of rotatable bonds is 8. The number of nitrogens with zero attached hydrogens (tertiary/aromatic N) is 2. The molecular formula is C33H30N2O5. The first-order valence-corrected chi connectivity index (χ1v) is 13.4. The Balaban J connectivity index is 1.38. The lowest BCUT2D eigenvalue weighted by atomic mass is 9.90. The van der Waals surface area contributed by atoms with E-state index in [0.29, 0.717) is 30.4 Å². The van der Waals surface area contributed by atoms with Crippen LogP contribution in [0.25, 0.3) is 0 Å². The maximum atomic E-state index is 14.0. The van der Waals surface area contributed by atoms with Gasteiger partial charge in [0.05, 0.1) is 24.0 Å². The summed E-state index contributed by atoms with van der Waals surface area (Å²) in [4.78, 5) is 35.2. The molecule has 0 N–H and O–H groups in total. The Hall–Kier alpha value is -4.62. The fraction of sp³-hybridized carbons (Fsp3) is 0.212. The van der Waals surface area contributed by atoms with Crippen LogP contribution in [0.15, 0.2) is 103 Å². The van der Waals surface area contributed by atoms with Gasteiger partial charge in [0.1, 0.15) is 12.5 Å². The number of hydrogen-bond acceptors (Lipinski definition) is 6. The van der Waals surface area contributed by atoms with Gasteiger partial charge >= 0.3 is 0 Å². The van der Waals surface area contributed by atoms with Crippen molar-refractivity contribution in [2.45, 2.75) is 32.6 Å². The number of hydroxylamine groups is 1. The normalized spacial score (nSPS) is 20.1. The standard InChI is InChI=1S/C33H30N2O5/c1-3-38-28-20-24(18-19-27(28)39-21-23-13-6-4-7-14-23)30-29-31(40-35(30)25-15-8-5-9-16-25)33(37)34(32(29)36)26-17-11-10-12-22(26)2/h4-20,29-31H,3,21H2,1-2H3/t29-,30+,31-/m0/s1. The lowest BCUT2D eigenvalue weighted by Crippen LogP contribution is -2.37. The summed E-state index contributed by atoms with van der Waals surface area (Å²) < 4.78 is 12.1. The van der Waals surface area contributed by atoms with Crippen molar-refractivity contribution in [1.29, 1.82) is 0 Å². The van der Waals surface area contributed by atoms with Crippen molar-refractivity contribution in [3.05, 3.63) is 120 Å². The third-order valence-corrected chi connectivity index (χ3v) is 7.33. The van der Waals surface area contributed by atoms with Gasteiger partial charge in [-0.3, -0.25) is 14.4 Å². The van der Waals surface area contributed by atoms with Gasteiger partial charge < -0.3 is 9.47 Å². The number of fused-ring (bicyclic) bond motifs is 1. The van der Waals surface area contributed by atoms with E-state index in [-0.39, 0.29) is 11.8 Å². The monoisotopic (exact) mass is 534 g/mol. The second-order valence-corrected chi connectivity index (χ2v) is 9.87. The van der Waals surface area contributed by atoms with E-state index in [2.05, 4.69) is 0 Å². The highest BCUT2D eigenvalue weighted by molar-refractivity contribution is 6.24. The van der Waals surface area contributed by atoms with Gasteiger partial charge in [-0.25, -0.2) is 9.96 Å². The second-order valence-electron chi connectivity index (χ2n) is 9.87. The van der Waals surface area contributed by atoms with E-state index in [9.17, 15) is 9.59 Å². The molecule has 2 fully saturated rings. The molecule has 7 nitrogen and oxygen atoms in total. The van der Waals surface area contributed by atoms with Crippen molar-refractivity contribution in [1.82, 2.24) is 0 Å². The molecule has 0 aromatic heterocycles. The highest BCUT2D eigenvalue weighted by Gasteiger charge is 2.60. The maximum Gasteiger partial charge on any atom is 0.266 e. The van der Waals surface area contributed by atoms with Crippen LogP contribution in [0.1, 0.15) is 29.7 Å². The first kappa shape index (κ1) is 25.6. The van der Waals surface area contributed by atoms with E-state index in [0.717, 1.165) is 22.4 Å². The number of carbonyl (C=O) groups is 2. The number of ether oxygens (including phenoxy) is 2. The number of imide groups is 1. The van der Waals surface area contributed by atoms with Crippen molar-refractivity contribution in [3.8, 4) is 11.5 Å². The molecule has 202 valence electrons. The summed E-state index contributed by atoms with van der Waals surface area (Å²) in [6, 6.07) is 32.0. The SMILES string of the molecule is CCOc1cc([C@@H]2[C@@H]3C(=O)N(c4ccccc4C)C(=O)[C@H]3ON2c2ccccc2)ccc1OCc1ccccc1. The molecule has 40 heavy (non-hydrogen) atoms. The van der Waals surface area contributed by atoms with Gasteiger partial charge in [-0.2, -0.15) is 0 Å². The van der Waals surface area contributed by atoms with E-state index in [1.54, 1.807) is 11.1 Å². The summed E-state index contributed by atoms with van der Waals surface area (Å²) >= 11 is 0. The van der Waals surface area contributed by atoms with Crippen LogP contribution >= 0.6 is 0 Å². The maximum absolute atomic E-state index is 14.0. The first-order chi connectivity index (χ1) is 19.6.